The summed E-state index contributed by atoms with van der Waals surface area (Å²) in [5, 5.41) is 0. The molecule has 0 aliphatic rings. The molecule has 4 aromatic carbocycles. The molecule has 0 saturated carbocycles. The van der Waals surface area contributed by atoms with Gasteiger partial charge in [0.1, 0.15) is 0 Å². The second kappa shape index (κ2) is 10.6. The van der Waals surface area contributed by atoms with Crippen molar-refractivity contribution in [2.24, 2.45) is 0 Å². The molecule has 0 heteroatoms. The lowest BCUT2D eigenvalue weighted by Gasteiger charge is -2.24. The zero-order valence-corrected chi connectivity index (χ0v) is 22.7. The monoisotopic (exact) mass is 460 g/mol. The summed E-state index contributed by atoms with van der Waals surface area (Å²) in [5.41, 5.74) is 17.9. The van der Waals surface area contributed by atoms with Crippen LogP contribution in [0, 0.1) is 34.6 Å². The predicted octanol–water partition coefficient (Wildman–Crippen LogP) is 10.1. The van der Waals surface area contributed by atoms with E-state index >= 15 is 0 Å². The molecule has 0 saturated heterocycles. The Morgan fingerprint density at radius 3 is 1.91 bits per heavy atom. The minimum absolute atomic E-state index is 1.03. The van der Waals surface area contributed by atoms with Crippen molar-refractivity contribution in [3.8, 4) is 33.4 Å². The Kier molecular flexibility index (Phi) is 7.60. The summed E-state index contributed by atoms with van der Waals surface area (Å²) in [4.78, 5) is 0. The largest absolute Gasteiger partial charge is 0.0654 e. The molecule has 0 nitrogen and oxygen atoms in total. The average molecular weight is 461 g/mol. The first-order valence-electron chi connectivity index (χ1n) is 13.3. The molecule has 0 spiro atoms. The highest BCUT2D eigenvalue weighted by Crippen LogP contribution is 2.46. The standard InChI is InChI=1S/C35H40/c1-8-10-13-29-18-19-32(31-15-12-11-14-28(31)9-2)35(33-26(6)20-23(3)21-27(33)7)34(29)30-17-16-24(4)25(5)22-30/h11-12,14-22H,8-10,13H2,1-7H3. The van der Waals surface area contributed by atoms with Crippen LogP contribution in [-0.4, -0.2) is 0 Å². The molecule has 0 heterocycles. The van der Waals surface area contributed by atoms with Crippen molar-refractivity contribution in [3.05, 3.63) is 106 Å². The number of hydrogen-bond donors (Lipinski definition) is 0. The highest BCUT2D eigenvalue weighted by Gasteiger charge is 2.22. The third-order valence-electron chi connectivity index (χ3n) is 7.50. The summed E-state index contributed by atoms with van der Waals surface area (Å²) >= 11 is 0. The van der Waals surface area contributed by atoms with Gasteiger partial charge < -0.3 is 0 Å². The second-order valence-corrected chi connectivity index (χ2v) is 10.2. The van der Waals surface area contributed by atoms with E-state index in [4.69, 9.17) is 0 Å². The summed E-state index contributed by atoms with van der Waals surface area (Å²) in [5.74, 6) is 0. The van der Waals surface area contributed by atoms with E-state index < -0.39 is 0 Å². The molecule has 0 unspecified atom stereocenters. The molecule has 0 radical (unpaired) electrons. The van der Waals surface area contributed by atoms with Crippen LogP contribution < -0.4 is 0 Å². The van der Waals surface area contributed by atoms with E-state index in [9.17, 15) is 0 Å². The normalized spacial score (nSPS) is 11.2. The highest BCUT2D eigenvalue weighted by molar-refractivity contribution is 5.98. The summed E-state index contributed by atoms with van der Waals surface area (Å²) < 4.78 is 0. The molecule has 0 N–H and O–H groups in total. The Hall–Kier alpha value is -3.12. The Morgan fingerprint density at radius 1 is 0.543 bits per heavy atom. The number of benzene rings is 4. The second-order valence-electron chi connectivity index (χ2n) is 10.2. The Morgan fingerprint density at radius 2 is 1.26 bits per heavy atom. The van der Waals surface area contributed by atoms with Crippen molar-refractivity contribution in [3.63, 3.8) is 0 Å². The number of aryl methyl sites for hydroxylation is 7. The maximum Gasteiger partial charge on any atom is -0.00186 e. The van der Waals surface area contributed by atoms with Gasteiger partial charge in [-0.1, -0.05) is 92.6 Å². The van der Waals surface area contributed by atoms with Crippen LogP contribution in [0.4, 0.5) is 0 Å². The summed E-state index contributed by atoms with van der Waals surface area (Å²) in [7, 11) is 0. The zero-order valence-electron chi connectivity index (χ0n) is 22.7. The van der Waals surface area contributed by atoms with Gasteiger partial charge in [0.05, 0.1) is 0 Å². The minimum Gasteiger partial charge on any atom is -0.0654 e. The quantitative estimate of drug-likeness (QED) is 0.257. The van der Waals surface area contributed by atoms with Gasteiger partial charge in [-0.15, -0.1) is 0 Å². The molecule has 180 valence electrons. The summed E-state index contributed by atoms with van der Waals surface area (Å²) in [6, 6.07) is 25.5. The van der Waals surface area contributed by atoms with Crippen LogP contribution in [0.2, 0.25) is 0 Å². The van der Waals surface area contributed by atoms with Gasteiger partial charge in [0.25, 0.3) is 0 Å². The summed E-state index contributed by atoms with van der Waals surface area (Å²) in [6.45, 7) is 15.8. The first kappa shape index (κ1) is 25.0. The van der Waals surface area contributed by atoms with Crippen LogP contribution in [0.5, 0.6) is 0 Å². The third kappa shape index (κ3) is 4.98. The van der Waals surface area contributed by atoms with Crippen molar-refractivity contribution in [1.29, 1.82) is 0 Å². The Balaban J connectivity index is 2.18. The molecule has 0 aliphatic heterocycles. The van der Waals surface area contributed by atoms with E-state index in [1.54, 1.807) is 0 Å². The lowest BCUT2D eigenvalue weighted by Crippen LogP contribution is -2.01. The van der Waals surface area contributed by atoms with Crippen LogP contribution in [0.1, 0.15) is 65.6 Å². The topological polar surface area (TPSA) is 0 Å². The predicted molar refractivity (Wildman–Crippen MR) is 154 cm³/mol. The molecule has 0 aromatic heterocycles. The molecular formula is C35H40. The number of unbranched alkanes of at least 4 members (excludes halogenated alkanes) is 1. The zero-order chi connectivity index (χ0) is 25.1. The molecule has 0 fully saturated rings. The minimum atomic E-state index is 1.03. The van der Waals surface area contributed by atoms with Gasteiger partial charge in [0.15, 0.2) is 0 Å². The van der Waals surface area contributed by atoms with Crippen molar-refractivity contribution in [2.45, 2.75) is 74.1 Å². The first-order chi connectivity index (χ1) is 16.8. The van der Waals surface area contributed by atoms with Gasteiger partial charge in [0.2, 0.25) is 0 Å². The number of rotatable bonds is 7. The maximum absolute atomic E-state index is 2.41. The maximum atomic E-state index is 2.41. The molecule has 35 heavy (non-hydrogen) atoms. The molecule has 0 bridgehead atoms. The van der Waals surface area contributed by atoms with Gasteiger partial charge in [-0.3, -0.25) is 0 Å². The van der Waals surface area contributed by atoms with Crippen LogP contribution in [0.3, 0.4) is 0 Å². The molecule has 0 atom stereocenters. The van der Waals surface area contributed by atoms with Crippen molar-refractivity contribution >= 4 is 0 Å². The van der Waals surface area contributed by atoms with Gasteiger partial charge in [-0.2, -0.15) is 0 Å². The third-order valence-corrected chi connectivity index (χ3v) is 7.50. The van der Waals surface area contributed by atoms with E-state index in [-0.39, 0.29) is 0 Å². The van der Waals surface area contributed by atoms with Gasteiger partial charge >= 0.3 is 0 Å². The van der Waals surface area contributed by atoms with Crippen LogP contribution in [0.15, 0.2) is 66.7 Å². The van der Waals surface area contributed by atoms with E-state index in [1.165, 1.54) is 85.2 Å². The fourth-order valence-electron chi connectivity index (χ4n) is 5.60. The van der Waals surface area contributed by atoms with E-state index in [1.807, 2.05) is 0 Å². The SMILES string of the molecule is CCCCc1ccc(-c2ccccc2CC)c(-c2c(C)cc(C)cc2C)c1-c1ccc(C)c(C)c1. The lowest BCUT2D eigenvalue weighted by atomic mass is 9.79. The molecule has 0 aliphatic carbocycles. The van der Waals surface area contributed by atoms with Gasteiger partial charge in [0, 0.05) is 0 Å². The highest BCUT2D eigenvalue weighted by atomic mass is 14.3. The van der Waals surface area contributed by atoms with Gasteiger partial charge in [-0.05, 0) is 121 Å². The fourth-order valence-corrected chi connectivity index (χ4v) is 5.60. The van der Waals surface area contributed by atoms with E-state index in [0.717, 1.165) is 12.8 Å². The Labute approximate surface area is 213 Å². The molecule has 4 aromatic rings. The molecular weight excluding hydrogens is 420 g/mol. The average Bonchev–Trinajstić information content (AvgIpc) is 2.84. The molecule has 4 rings (SSSR count). The fraction of sp³-hybridized carbons (Fsp3) is 0.314. The molecule has 0 amide bonds. The van der Waals surface area contributed by atoms with E-state index in [0.29, 0.717) is 0 Å². The van der Waals surface area contributed by atoms with Crippen LogP contribution in [-0.2, 0) is 12.8 Å². The summed E-state index contributed by atoms with van der Waals surface area (Å²) in [6.07, 6.45) is 4.53. The Bertz CT molecular complexity index is 1330. The smallest absolute Gasteiger partial charge is 0.00186 e. The first-order valence-corrected chi connectivity index (χ1v) is 13.3. The van der Waals surface area contributed by atoms with Crippen LogP contribution in [0.25, 0.3) is 33.4 Å². The van der Waals surface area contributed by atoms with Gasteiger partial charge in [-0.25, -0.2) is 0 Å². The van der Waals surface area contributed by atoms with Crippen molar-refractivity contribution < 1.29 is 0 Å². The van der Waals surface area contributed by atoms with Crippen LogP contribution >= 0.6 is 0 Å². The lowest BCUT2D eigenvalue weighted by molar-refractivity contribution is 0.796. The van der Waals surface area contributed by atoms with E-state index in [2.05, 4.69) is 115 Å². The number of hydrogen-bond acceptors (Lipinski definition) is 0. The van der Waals surface area contributed by atoms with Crippen molar-refractivity contribution in [2.75, 3.05) is 0 Å². The van der Waals surface area contributed by atoms with Crippen molar-refractivity contribution in [1.82, 2.24) is 0 Å².